The Balaban J connectivity index is 1.37. The molecule has 0 bridgehead atoms. The summed E-state index contributed by atoms with van der Waals surface area (Å²) in [6.45, 7) is 11.3. The highest BCUT2D eigenvalue weighted by Gasteiger charge is 2.77. The van der Waals surface area contributed by atoms with Crippen LogP contribution in [0.15, 0.2) is 0 Å². The van der Waals surface area contributed by atoms with Crippen LogP contribution in [0.2, 0.25) is 0 Å². The normalized spacial score (nSPS) is 52.1. The fraction of sp³-hybridized carbons (Fsp3) is 0.964. The van der Waals surface area contributed by atoms with E-state index < -0.39 is 6.10 Å². The number of rotatable bonds is 6. The molecule has 31 heavy (non-hydrogen) atoms. The molecular weight excluding hydrogens is 384 g/mol. The maximum absolute atomic E-state index is 12.3. The molecule has 1 N–H and O–H groups in total. The van der Waals surface area contributed by atoms with Gasteiger partial charge in [0.2, 0.25) is 0 Å². The maximum Gasteiger partial charge on any atom is 0.138 e. The summed E-state index contributed by atoms with van der Waals surface area (Å²) in [7, 11) is 1.97. The van der Waals surface area contributed by atoms with E-state index in [2.05, 4.69) is 20.8 Å². The van der Waals surface area contributed by atoms with Gasteiger partial charge in [-0.3, -0.25) is 4.79 Å². The summed E-state index contributed by atoms with van der Waals surface area (Å²) >= 11 is 0. The van der Waals surface area contributed by atoms with Crippen LogP contribution in [0.4, 0.5) is 0 Å². The number of Topliss-reactive ketones (excluding diaryl/α,β-unsaturated/α-hetero) is 1. The Kier molecular flexibility index (Phi) is 5.27. The highest BCUT2D eigenvalue weighted by molar-refractivity contribution is 5.80. The van der Waals surface area contributed by atoms with Gasteiger partial charge in [0, 0.05) is 24.9 Å². The number of carbonyl (C=O) groups excluding carboxylic acids is 1. The molecular formula is C28H46O3. The lowest BCUT2D eigenvalue weighted by atomic mass is 9.45. The first kappa shape index (κ1) is 22.4. The van der Waals surface area contributed by atoms with Crippen molar-refractivity contribution in [2.45, 2.75) is 105 Å². The van der Waals surface area contributed by atoms with E-state index in [1.807, 2.05) is 21.0 Å². The Hall–Kier alpha value is -0.410. The van der Waals surface area contributed by atoms with Gasteiger partial charge in [-0.2, -0.15) is 0 Å². The number of fused-ring (bicyclic) bond motifs is 4. The molecule has 5 aliphatic rings. The number of ketones is 1. The molecule has 0 unspecified atom stereocenters. The van der Waals surface area contributed by atoms with Gasteiger partial charge in [0.15, 0.2) is 0 Å². The number of carbonyl (C=O) groups is 1. The predicted octanol–water partition coefficient (Wildman–Crippen LogP) is 5.88. The van der Waals surface area contributed by atoms with Crippen molar-refractivity contribution < 1.29 is 14.6 Å². The van der Waals surface area contributed by atoms with E-state index in [1.165, 1.54) is 51.4 Å². The monoisotopic (exact) mass is 430 g/mol. The van der Waals surface area contributed by atoms with Gasteiger partial charge < -0.3 is 9.84 Å². The van der Waals surface area contributed by atoms with E-state index in [0.29, 0.717) is 34.7 Å². The zero-order chi connectivity index (χ0) is 22.3. The fourth-order valence-electron chi connectivity index (χ4n) is 10.4. The summed E-state index contributed by atoms with van der Waals surface area (Å²) in [5.74, 6) is 4.31. The summed E-state index contributed by atoms with van der Waals surface area (Å²) < 4.78 is 6.25. The van der Waals surface area contributed by atoms with Gasteiger partial charge in [-0.05, 0) is 97.7 Å². The molecule has 0 heterocycles. The first-order chi connectivity index (χ1) is 14.6. The second kappa shape index (κ2) is 7.29. The van der Waals surface area contributed by atoms with Gasteiger partial charge in [-0.15, -0.1) is 0 Å². The van der Waals surface area contributed by atoms with Crippen LogP contribution in [0.3, 0.4) is 0 Å². The zero-order valence-corrected chi connectivity index (χ0v) is 20.8. The second-order valence-corrected chi connectivity index (χ2v) is 13.2. The third-order valence-electron chi connectivity index (χ3n) is 12.2. The SMILES string of the molecule is CO[C@@H]1C[C@H]2[C@@H]3CC[C@H]([C@H](C)[C@@H](O)CC(=O)C(C)C)[C@@]3(C)CC[C@@H]2[C@@]2(C)CC[C@H]3C[C@]312. The molecule has 0 radical (unpaired) electrons. The van der Waals surface area contributed by atoms with Crippen LogP contribution in [0, 0.1) is 57.7 Å². The van der Waals surface area contributed by atoms with Crippen molar-refractivity contribution in [2.24, 2.45) is 57.7 Å². The molecule has 176 valence electrons. The lowest BCUT2D eigenvalue weighted by Gasteiger charge is -2.61. The Morgan fingerprint density at radius 3 is 2.45 bits per heavy atom. The molecule has 0 aliphatic heterocycles. The highest BCUT2D eigenvalue weighted by atomic mass is 16.5. The first-order valence-corrected chi connectivity index (χ1v) is 13.3. The Morgan fingerprint density at radius 1 is 1.06 bits per heavy atom. The van der Waals surface area contributed by atoms with Crippen LogP contribution in [0.1, 0.15) is 92.4 Å². The summed E-state index contributed by atoms with van der Waals surface area (Å²) in [6.07, 6.45) is 11.0. The third-order valence-corrected chi connectivity index (χ3v) is 12.2. The quantitative estimate of drug-likeness (QED) is 0.572. The minimum absolute atomic E-state index is 0.0168. The number of hydrogen-bond acceptors (Lipinski definition) is 3. The number of hydrogen-bond donors (Lipinski definition) is 1. The van der Waals surface area contributed by atoms with Gasteiger partial charge in [-0.25, -0.2) is 0 Å². The number of ether oxygens (including phenoxy) is 1. The van der Waals surface area contributed by atoms with E-state index in [0.717, 1.165) is 23.7 Å². The Morgan fingerprint density at radius 2 is 1.81 bits per heavy atom. The smallest absolute Gasteiger partial charge is 0.138 e. The minimum Gasteiger partial charge on any atom is -0.392 e. The summed E-state index contributed by atoms with van der Waals surface area (Å²) in [5, 5.41) is 11.0. The molecule has 5 fully saturated rings. The van der Waals surface area contributed by atoms with E-state index in [4.69, 9.17) is 4.74 Å². The average molecular weight is 431 g/mol. The molecule has 0 saturated heterocycles. The van der Waals surface area contributed by atoms with Gasteiger partial charge in [-0.1, -0.05) is 34.6 Å². The van der Waals surface area contributed by atoms with Crippen LogP contribution in [-0.2, 0) is 9.53 Å². The first-order valence-electron chi connectivity index (χ1n) is 13.3. The summed E-state index contributed by atoms with van der Waals surface area (Å²) in [5.41, 5.74) is 1.29. The molecule has 0 aromatic heterocycles. The molecule has 3 nitrogen and oxygen atoms in total. The van der Waals surface area contributed by atoms with Gasteiger partial charge >= 0.3 is 0 Å². The van der Waals surface area contributed by atoms with Gasteiger partial charge in [0.05, 0.1) is 12.2 Å². The topological polar surface area (TPSA) is 46.5 Å². The van der Waals surface area contributed by atoms with Crippen molar-refractivity contribution in [1.29, 1.82) is 0 Å². The molecule has 3 heteroatoms. The number of methoxy groups -OCH3 is 1. The maximum atomic E-state index is 12.3. The molecule has 11 atom stereocenters. The lowest BCUT2D eigenvalue weighted by molar-refractivity contribution is -0.162. The van der Waals surface area contributed by atoms with E-state index >= 15 is 0 Å². The Labute approximate surface area is 190 Å². The van der Waals surface area contributed by atoms with E-state index in [-0.39, 0.29) is 17.6 Å². The van der Waals surface area contributed by atoms with Gasteiger partial charge in [0.25, 0.3) is 0 Å². The average Bonchev–Trinajstić information content (AvgIpc) is 3.24. The third kappa shape index (κ3) is 2.87. The van der Waals surface area contributed by atoms with Gasteiger partial charge in [0.1, 0.15) is 5.78 Å². The minimum atomic E-state index is -0.492. The van der Waals surface area contributed by atoms with Crippen molar-refractivity contribution in [3.05, 3.63) is 0 Å². The van der Waals surface area contributed by atoms with Crippen LogP contribution >= 0.6 is 0 Å². The fourth-order valence-corrected chi connectivity index (χ4v) is 10.4. The van der Waals surface area contributed by atoms with Crippen molar-refractivity contribution in [3.63, 3.8) is 0 Å². The van der Waals surface area contributed by atoms with Crippen molar-refractivity contribution >= 4 is 5.78 Å². The van der Waals surface area contributed by atoms with Crippen molar-refractivity contribution in [1.82, 2.24) is 0 Å². The largest absolute Gasteiger partial charge is 0.392 e. The zero-order valence-electron chi connectivity index (χ0n) is 20.8. The number of aliphatic hydroxyl groups excluding tert-OH is 1. The molecule has 0 amide bonds. The molecule has 0 aromatic carbocycles. The lowest BCUT2D eigenvalue weighted by Crippen LogP contribution is -2.57. The van der Waals surface area contributed by atoms with Crippen LogP contribution in [-0.4, -0.2) is 30.2 Å². The van der Waals surface area contributed by atoms with Crippen molar-refractivity contribution in [3.8, 4) is 0 Å². The van der Waals surface area contributed by atoms with Crippen LogP contribution in [0.5, 0.6) is 0 Å². The highest BCUT2D eigenvalue weighted by Crippen LogP contribution is 2.82. The standard InChI is InChI=1S/C28H46O3/c1-16(2)23(29)14-24(30)17(3)20-7-8-21-19-13-25(31-6)28-15-18(28)9-12-27(28,5)22(19)10-11-26(20,21)4/h16-22,24-25,30H,7-15H2,1-6H3/t17-,18-,19-,20+,21-,22-,24-,25+,26+,27+,28-/m0/s1. The number of aliphatic hydroxyl groups is 1. The predicted molar refractivity (Wildman–Crippen MR) is 123 cm³/mol. The molecule has 1 spiro atoms. The van der Waals surface area contributed by atoms with Crippen LogP contribution < -0.4 is 0 Å². The molecule has 5 aliphatic carbocycles. The molecule has 0 aromatic rings. The second-order valence-electron chi connectivity index (χ2n) is 13.2. The summed E-state index contributed by atoms with van der Waals surface area (Å²) in [6, 6.07) is 0. The van der Waals surface area contributed by atoms with Crippen LogP contribution in [0.25, 0.3) is 0 Å². The molecule has 5 saturated carbocycles. The van der Waals surface area contributed by atoms with E-state index in [9.17, 15) is 9.90 Å². The van der Waals surface area contributed by atoms with Crippen molar-refractivity contribution in [2.75, 3.05) is 7.11 Å². The van der Waals surface area contributed by atoms with E-state index in [1.54, 1.807) is 0 Å². The summed E-state index contributed by atoms with van der Waals surface area (Å²) in [4.78, 5) is 12.3. The Bertz CT molecular complexity index is 732. The molecule has 5 rings (SSSR count).